The summed E-state index contributed by atoms with van der Waals surface area (Å²) < 4.78 is 5.28. The average Bonchev–Trinajstić information content (AvgIpc) is 3.45. The summed E-state index contributed by atoms with van der Waals surface area (Å²) in [6.07, 6.45) is 56.3. The first-order chi connectivity index (χ1) is 22.8. The summed E-state index contributed by atoms with van der Waals surface area (Å²) in [6.45, 7) is 9.41. The second-order valence-electron chi connectivity index (χ2n) is 15.2. The lowest BCUT2D eigenvalue weighted by atomic mass is 10.0. The highest BCUT2D eigenvalue weighted by molar-refractivity contribution is 4.84. The van der Waals surface area contributed by atoms with E-state index in [4.69, 9.17) is 0 Å². The molecule has 0 aliphatic carbocycles. The van der Waals surface area contributed by atoms with E-state index in [-0.39, 0.29) is 0 Å². The van der Waals surface area contributed by atoms with Gasteiger partial charge >= 0.3 is 0 Å². The van der Waals surface area contributed by atoms with Crippen LogP contribution in [0, 0.1) is 0 Å². The standard InChI is InChI=1S/C44H87N2/c1-4-7-10-13-16-19-21-22-23-24-25-26-27-30-33-36-39-44-45(40-37-34-31-28-18-15-12-9-6-3)42-43-46(44)41-38-35-32-29-20-17-14-11-8-5-2/h42-43H,4-41H2,1-3H3/q+1. The van der Waals surface area contributed by atoms with Crippen LogP contribution in [0.4, 0.5) is 0 Å². The molecule has 0 radical (unpaired) electrons. The number of unbranched alkanes of at least 4 members (excludes halogenated alkanes) is 32. The lowest BCUT2D eigenvalue weighted by Gasteiger charge is -2.07. The van der Waals surface area contributed by atoms with Crippen molar-refractivity contribution in [1.29, 1.82) is 0 Å². The van der Waals surface area contributed by atoms with Crippen molar-refractivity contribution in [3.63, 3.8) is 0 Å². The van der Waals surface area contributed by atoms with Crippen molar-refractivity contribution < 1.29 is 4.57 Å². The Hall–Kier alpha value is -0.790. The van der Waals surface area contributed by atoms with Crippen LogP contribution in [0.15, 0.2) is 12.4 Å². The van der Waals surface area contributed by atoms with Crippen molar-refractivity contribution in [2.45, 2.75) is 265 Å². The van der Waals surface area contributed by atoms with Crippen molar-refractivity contribution in [2.75, 3.05) is 0 Å². The summed E-state index contributed by atoms with van der Waals surface area (Å²) in [4.78, 5) is 0. The van der Waals surface area contributed by atoms with E-state index in [9.17, 15) is 0 Å². The number of aryl methyl sites for hydroxylation is 2. The Morgan fingerprint density at radius 1 is 0.370 bits per heavy atom. The van der Waals surface area contributed by atoms with E-state index >= 15 is 0 Å². The lowest BCUT2D eigenvalue weighted by molar-refractivity contribution is -0.704. The molecule has 0 atom stereocenters. The van der Waals surface area contributed by atoms with Crippen molar-refractivity contribution in [1.82, 2.24) is 4.57 Å². The molecule has 0 saturated carbocycles. The Morgan fingerprint density at radius 2 is 0.674 bits per heavy atom. The summed E-state index contributed by atoms with van der Waals surface area (Å²) in [6, 6.07) is 0. The minimum Gasteiger partial charge on any atom is -0.234 e. The van der Waals surface area contributed by atoms with Crippen molar-refractivity contribution in [2.24, 2.45) is 0 Å². The Bertz CT molecular complexity index is 707. The predicted octanol–water partition coefficient (Wildman–Crippen LogP) is 15.0. The van der Waals surface area contributed by atoms with Crippen LogP contribution in [0.25, 0.3) is 0 Å². The van der Waals surface area contributed by atoms with Gasteiger partial charge in [-0.2, -0.15) is 0 Å². The summed E-state index contributed by atoms with van der Waals surface area (Å²) in [5.41, 5.74) is 0. The highest BCUT2D eigenvalue weighted by Crippen LogP contribution is 2.16. The summed E-state index contributed by atoms with van der Waals surface area (Å²) >= 11 is 0. The zero-order chi connectivity index (χ0) is 33.0. The Balaban J connectivity index is 2.25. The molecule has 0 aromatic carbocycles. The van der Waals surface area contributed by atoms with Crippen LogP contribution >= 0.6 is 0 Å². The van der Waals surface area contributed by atoms with Crippen LogP contribution in [-0.4, -0.2) is 4.57 Å². The first kappa shape index (κ1) is 43.2. The molecule has 0 aliphatic rings. The summed E-state index contributed by atoms with van der Waals surface area (Å²) in [5.74, 6) is 1.63. The van der Waals surface area contributed by atoms with Crippen molar-refractivity contribution in [3.05, 3.63) is 18.2 Å². The zero-order valence-electron chi connectivity index (χ0n) is 32.4. The largest absolute Gasteiger partial charge is 0.256 e. The molecule has 2 heteroatoms. The molecule has 0 fully saturated rings. The highest BCUT2D eigenvalue weighted by atomic mass is 15.1. The number of hydrogen-bond donors (Lipinski definition) is 0. The van der Waals surface area contributed by atoms with Gasteiger partial charge in [0.15, 0.2) is 0 Å². The molecule has 1 aromatic heterocycles. The van der Waals surface area contributed by atoms with Gasteiger partial charge in [0.25, 0.3) is 5.82 Å². The molecule has 1 rings (SSSR count). The Labute approximate surface area is 291 Å². The van der Waals surface area contributed by atoms with Crippen molar-refractivity contribution in [3.8, 4) is 0 Å². The predicted molar refractivity (Wildman–Crippen MR) is 207 cm³/mol. The summed E-state index contributed by atoms with van der Waals surface area (Å²) in [7, 11) is 0. The fourth-order valence-electron chi connectivity index (χ4n) is 7.39. The third kappa shape index (κ3) is 27.2. The topological polar surface area (TPSA) is 8.81 Å². The molecule has 0 aliphatic heterocycles. The smallest absolute Gasteiger partial charge is 0.234 e. The first-order valence-corrected chi connectivity index (χ1v) is 21.9. The number of aromatic nitrogens is 2. The number of imidazole rings is 1. The number of hydrogen-bond acceptors (Lipinski definition) is 0. The number of nitrogens with zero attached hydrogens (tertiary/aromatic N) is 2. The molecule has 1 heterocycles. The maximum atomic E-state index is 2.64. The van der Waals surface area contributed by atoms with Crippen LogP contribution < -0.4 is 4.57 Å². The first-order valence-electron chi connectivity index (χ1n) is 21.9. The molecule has 0 bridgehead atoms. The third-order valence-corrected chi connectivity index (χ3v) is 10.6. The van der Waals surface area contributed by atoms with Crippen LogP contribution in [0.3, 0.4) is 0 Å². The maximum absolute atomic E-state index is 2.64. The van der Waals surface area contributed by atoms with Gasteiger partial charge in [-0.05, 0) is 32.1 Å². The molecule has 0 N–H and O–H groups in total. The minimum absolute atomic E-state index is 1.23. The Kier molecular flexibility index (Phi) is 33.4. The van der Waals surface area contributed by atoms with Gasteiger partial charge in [0.05, 0.1) is 13.1 Å². The van der Waals surface area contributed by atoms with Crippen molar-refractivity contribution >= 4 is 0 Å². The van der Waals surface area contributed by atoms with E-state index in [0.717, 1.165) is 0 Å². The molecule has 272 valence electrons. The maximum Gasteiger partial charge on any atom is 0.256 e. The number of rotatable bonds is 38. The quantitative estimate of drug-likeness (QED) is 0.0501. The van der Waals surface area contributed by atoms with Gasteiger partial charge < -0.3 is 0 Å². The lowest BCUT2D eigenvalue weighted by Crippen LogP contribution is -2.37. The van der Waals surface area contributed by atoms with E-state index < -0.39 is 0 Å². The fraction of sp³-hybridized carbons (Fsp3) is 0.932. The molecule has 46 heavy (non-hydrogen) atoms. The van der Waals surface area contributed by atoms with Gasteiger partial charge in [-0.1, -0.05) is 213 Å². The van der Waals surface area contributed by atoms with Gasteiger partial charge in [0, 0.05) is 6.42 Å². The monoisotopic (exact) mass is 644 g/mol. The SMILES string of the molecule is CCCCCCCCCCCCCCCCCCc1n(CCCCCCCCCCC)cc[n+]1CCCCCCCCCCCC. The Morgan fingerprint density at radius 3 is 1.04 bits per heavy atom. The van der Waals surface area contributed by atoms with Gasteiger partial charge in [0.1, 0.15) is 12.4 Å². The normalized spacial score (nSPS) is 11.6. The van der Waals surface area contributed by atoms with Crippen LogP contribution in [0.1, 0.15) is 251 Å². The molecule has 2 nitrogen and oxygen atoms in total. The second-order valence-corrected chi connectivity index (χ2v) is 15.2. The molecule has 0 amide bonds. The van der Waals surface area contributed by atoms with E-state index in [1.165, 1.54) is 244 Å². The van der Waals surface area contributed by atoms with Gasteiger partial charge in [-0.25, -0.2) is 9.13 Å². The van der Waals surface area contributed by atoms with E-state index in [1.54, 1.807) is 5.82 Å². The van der Waals surface area contributed by atoms with E-state index in [2.05, 4.69) is 42.3 Å². The van der Waals surface area contributed by atoms with Gasteiger partial charge in [-0.15, -0.1) is 0 Å². The van der Waals surface area contributed by atoms with Crippen LogP contribution in [-0.2, 0) is 19.5 Å². The average molecular weight is 644 g/mol. The van der Waals surface area contributed by atoms with Crippen LogP contribution in [0.5, 0.6) is 0 Å². The molecule has 0 spiro atoms. The zero-order valence-corrected chi connectivity index (χ0v) is 32.4. The van der Waals surface area contributed by atoms with E-state index in [0.29, 0.717) is 0 Å². The second kappa shape index (κ2) is 35.5. The van der Waals surface area contributed by atoms with Crippen LogP contribution in [0.2, 0.25) is 0 Å². The summed E-state index contributed by atoms with van der Waals surface area (Å²) in [5, 5.41) is 0. The molecular formula is C44H87N2+. The van der Waals surface area contributed by atoms with Gasteiger partial charge in [0.2, 0.25) is 0 Å². The minimum atomic E-state index is 1.23. The van der Waals surface area contributed by atoms with Gasteiger partial charge in [-0.3, -0.25) is 0 Å². The molecular weight excluding hydrogens is 556 g/mol. The van der Waals surface area contributed by atoms with E-state index in [1.807, 2.05) is 0 Å². The highest BCUT2D eigenvalue weighted by Gasteiger charge is 2.16. The molecule has 1 aromatic rings. The third-order valence-electron chi connectivity index (χ3n) is 10.6. The fourth-order valence-corrected chi connectivity index (χ4v) is 7.39. The molecule has 0 saturated heterocycles. The molecule has 0 unspecified atom stereocenters.